The van der Waals surface area contributed by atoms with Crippen LogP contribution < -0.4 is 10.5 Å². The van der Waals surface area contributed by atoms with Gasteiger partial charge in [-0.05, 0) is 53.0 Å². The summed E-state index contributed by atoms with van der Waals surface area (Å²) in [5.74, 6) is 0.724. The predicted octanol–water partition coefficient (Wildman–Crippen LogP) is 1.96. The maximum Gasteiger partial charge on any atom is 0.264 e. The van der Waals surface area contributed by atoms with E-state index < -0.39 is 10.0 Å². The molecule has 4 rings (SSSR count). The molecule has 0 spiro atoms. The third kappa shape index (κ3) is 5.48. The van der Waals surface area contributed by atoms with Gasteiger partial charge in [0.1, 0.15) is 5.82 Å². The van der Waals surface area contributed by atoms with E-state index in [1.54, 1.807) is 17.0 Å². The second-order valence-corrected chi connectivity index (χ2v) is 12.1. The van der Waals surface area contributed by atoms with Crippen molar-refractivity contribution >= 4 is 55.1 Å². The van der Waals surface area contributed by atoms with Gasteiger partial charge in [-0.2, -0.15) is 9.40 Å². The standard InChI is InChI=1S/C20H24BrN5O4S2/c21-17-2-1-16(31-17)7-14-32(29,30)26-12-10-25(11-13-26)20(28)15-5-8-24(9-6-15)18-3-4-19(27)23-22-18/h1-4,7,14-15H,5-6,8-13H2,(H,23,27). The number of nitrogens with zero attached hydrogens (tertiary/aromatic N) is 4. The summed E-state index contributed by atoms with van der Waals surface area (Å²) in [7, 11) is -3.52. The van der Waals surface area contributed by atoms with Gasteiger partial charge in [0.05, 0.1) is 3.79 Å². The number of thiophene rings is 1. The topological polar surface area (TPSA) is 107 Å². The lowest BCUT2D eigenvalue weighted by Crippen LogP contribution is -2.52. The molecular formula is C20H24BrN5O4S2. The number of carbonyl (C=O) groups is 1. The van der Waals surface area contributed by atoms with Crippen LogP contribution in [0.25, 0.3) is 6.08 Å². The van der Waals surface area contributed by atoms with Gasteiger partial charge in [-0.25, -0.2) is 13.5 Å². The van der Waals surface area contributed by atoms with Crippen LogP contribution in [-0.4, -0.2) is 73.0 Å². The minimum Gasteiger partial charge on any atom is -0.355 e. The van der Waals surface area contributed by atoms with Crippen LogP contribution in [0.2, 0.25) is 0 Å². The van der Waals surface area contributed by atoms with Gasteiger partial charge >= 0.3 is 0 Å². The Morgan fingerprint density at radius 1 is 1.09 bits per heavy atom. The van der Waals surface area contributed by atoms with E-state index in [1.165, 1.54) is 27.1 Å². The molecule has 2 saturated heterocycles. The highest BCUT2D eigenvalue weighted by atomic mass is 79.9. The zero-order valence-corrected chi connectivity index (χ0v) is 20.5. The molecule has 0 radical (unpaired) electrons. The number of H-pyrrole nitrogens is 1. The Morgan fingerprint density at radius 3 is 2.41 bits per heavy atom. The number of carbonyl (C=O) groups excluding carboxylic acids is 1. The van der Waals surface area contributed by atoms with Crippen LogP contribution in [0.1, 0.15) is 17.7 Å². The van der Waals surface area contributed by atoms with Gasteiger partial charge < -0.3 is 9.80 Å². The molecule has 2 aliphatic rings. The van der Waals surface area contributed by atoms with Crippen molar-refractivity contribution in [2.45, 2.75) is 12.8 Å². The third-order valence-electron chi connectivity index (χ3n) is 5.74. The SMILES string of the molecule is O=C(C1CCN(c2ccc(=O)[nH]n2)CC1)N1CCN(S(=O)(=O)C=Cc2ccc(Br)s2)CC1. The largest absolute Gasteiger partial charge is 0.355 e. The number of hydrogen-bond donors (Lipinski definition) is 1. The van der Waals surface area contributed by atoms with Gasteiger partial charge in [0.15, 0.2) is 0 Å². The third-order valence-corrected chi connectivity index (χ3v) is 8.89. The number of anilines is 1. The fourth-order valence-electron chi connectivity index (χ4n) is 3.95. The lowest BCUT2D eigenvalue weighted by Gasteiger charge is -2.38. The van der Waals surface area contributed by atoms with Crippen molar-refractivity contribution in [3.05, 3.63) is 48.7 Å². The molecular weight excluding hydrogens is 518 g/mol. The molecule has 2 aromatic heterocycles. The molecule has 0 atom stereocenters. The number of aromatic nitrogens is 2. The summed E-state index contributed by atoms with van der Waals surface area (Å²) >= 11 is 4.83. The van der Waals surface area contributed by atoms with E-state index >= 15 is 0 Å². The van der Waals surface area contributed by atoms with E-state index in [1.807, 2.05) is 12.1 Å². The average Bonchev–Trinajstić information content (AvgIpc) is 3.23. The molecule has 32 heavy (non-hydrogen) atoms. The van der Waals surface area contributed by atoms with E-state index in [0.29, 0.717) is 57.9 Å². The molecule has 0 unspecified atom stereocenters. The van der Waals surface area contributed by atoms with Crippen molar-refractivity contribution in [1.82, 2.24) is 19.4 Å². The number of sulfonamides is 1. The average molecular weight is 542 g/mol. The van der Waals surface area contributed by atoms with Crippen LogP contribution in [0.3, 0.4) is 0 Å². The molecule has 2 aromatic rings. The van der Waals surface area contributed by atoms with Crippen LogP contribution in [0.4, 0.5) is 5.82 Å². The molecule has 0 saturated carbocycles. The fourth-order valence-corrected chi connectivity index (χ4v) is 6.52. The number of piperazine rings is 1. The van der Waals surface area contributed by atoms with E-state index in [9.17, 15) is 18.0 Å². The van der Waals surface area contributed by atoms with E-state index in [-0.39, 0.29) is 17.4 Å². The monoisotopic (exact) mass is 541 g/mol. The van der Waals surface area contributed by atoms with Gasteiger partial charge in [-0.15, -0.1) is 11.3 Å². The number of rotatable bonds is 5. The molecule has 172 valence electrons. The zero-order valence-electron chi connectivity index (χ0n) is 17.3. The van der Waals surface area contributed by atoms with Crippen molar-refractivity contribution in [1.29, 1.82) is 0 Å². The molecule has 0 aliphatic carbocycles. The molecule has 12 heteroatoms. The highest BCUT2D eigenvalue weighted by Gasteiger charge is 2.32. The summed E-state index contributed by atoms with van der Waals surface area (Å²) in [6.07, 6.45) is 3.02. The molecule has 1 N–H and O–H groups in total. The Balaban J connectivity index is 1.27. The summed E-state index contributed by atoms with van der Waals surface area (Å²) in [4.78, 5) is 28.8. The van der Waals surface area contributed by atoms with Gasteiger partial charge in [0, 0.05) is 61.5 Å². The van der Waals surface area contributed by atoms with E-state index in [4.69, 9.17) is 0 Å². The molecule has 0 bridgehead atoms. The Labute approximate surface area is 198 Å². The summed E-state index contributed by atoms with van der Waals surface area (Å²) in [6.45, 7) is 2.77. The molecule has 0 aromatic carbocycles. The number of hydrogen-bond acceptors (Lipinski definition) is 7. The maximum absolute atomic E-state index is 13.0. The lowest BCUT2D eigenvalue weighted by molar-refractivity contribution is -0.137. The van der Waals surface area contributed by atoms with Gasteiger partial charge in [-0.1, -0.05) is 0 Å². The van der Waals surface area contributed by atoms with Gasteiger partial charge in [0.25, 0.3) is 5.56 Å². The van der Waals surface area contributed by atoms with Crippen LogP contribution >= 0.6 is 27.3 Å². The molecule has 1 amide bonds. The Bertz CT molecular complexity index is 1130. The molecule has 9 nitrogen and oxygen atoms in total. The first-order chi connectivity index (χ1) is 15.3. The first-order valence-electron chi connectivity index (χ1n) is 10.3. The second-order valence-electron chi connectivity index (χ2n) is 7.75. The summed E-state index contributed by atoms with van der Waals surface area (Å²) in [5, 5.41) is 7.73. The minimum absolute atomic E-state index is 0.0747. The number of amides is 1. The maximum atomic E-state index is 13.0. The van der Waals surface area contributed by atoms with E-state index in [2.05, 4.69) is 31.0 Å². The van der Waals surface area contributed by atoms with E-state index in [0.717, 1.165) is 8.66 Å². The van der Waals surface area contributed by atoms with Crippen molar-refractivity contribution in [3.8, 4) is 0 Å². The molecule has 2 aliphatic heterocycles. The number of halogens is 1. The lowest BCUT2D eigenvalue weighted by atomic mass is 9.95. The van der Waals surface area contributed by atoms with Crippen molar-refractivity contribution in [3.63, 3.8) is 0 Å². The van der Waals surface area contributed by atoms with Crippen LogP contribution in [0.5, 0.6) is 0 Å². The quantitative estimate of drug-likeness (QED) is 0.619. The predicted molar refractivity (Wildman–Crippen MR) is 128 cm³/mol. The fraction of sp³-hybridized carbons (Fsp3) is 0.450. The smallest absolute Gasteiger partial charge is 0.264 e. The second kappa shape index (κ2) is 9.86. The molecule has 2 fully saturated rings. The number of nitrogens with one attached hydrogen (secondary N) is 1. The van der Waals surface area contributed by atoms with Crippen LogP contribution in [-0.2, 0) is 14.8 Å². The minimum atomic E-state index is -3.52. The van der Waals surface area contributed by atoms with Crippen molar-refractivity contribution < 1.29 is 13.2 Å². The summed E-state index contributed by atoms with van der Waals surface area (Å²) < 4.78 is 27.6. The van der Waals surface area contributed by atoms with Gasteiger partial charge in [-0.3, -0.25) is 9.59 Å². The van der Waals surface area contributed by atoms with Crippen LogP contribution in [0.15, 0.2) is 38.3 Å². The molecule has 4 heterocycles. The highest BCUT2D eigenvalue weighted by Crippen LogP contribution is 2.25. The Hall–Kier alpha value is -2.02. The zero-order chi connectivity index (χ0) is 22.7. The normalized spacial score (nSPS) is 19.0. The van der Waals surface area contributed by atoms with Crippen molar-refractivity contribution in [2.24, 2.45) is 5.92 Å². The highest BCUT2D eigenvalue weighted by molar-refractivity contribution is 9.11. The summed E-state index contributed by atoms with van der Waals surface area (Å²) in [5.41, 5.74) is -0.241. The summed E-state index contributed by atoms with van der Waals surface area (Å²) in [6, 6.07) is 6.87. The Kier molecular flexibility index (Phi) is 7.13. The first kappa shape index (κ1) is 23.1. The number of aromatic amines is 1. The first-order valence-corrected chi connectivity index (χ1v) is 13.5. The van der Waals surface area contributed by atoms with Crippen molar-refractivity contribution in [2.75, 3.05) is 44.2 Å². The van der Waals surface area contributed by atoms with Gasteiger partial charge in [0.2, 0.25) is 15.9 Å². The number of piperidine rings is 1. The van der Waals surface area contributed by atoms with Crippen LogP contribution in [0, 0.1) is 5.92 Å². The Morgan fingerprint density at radius 2 is 1.81 bits per heavy atom.